The monoisotopic (exact) mass is 403 g/mol. The molecule has 4 rings (SSSR count). The van der Waals surface area contributed by atoms with Gasteiger partial charge in [0.05, 0.1) is 37.1 Å². The Balaban J connectivity index is 1.77. The second kappa shape index (κ2) is 7.24. The Morgan fingerprint density at radius 1 is 1.03 bits per heavy atom. The first-order valence-electron chi connectivity index (χ1n) is 10.7. The van der Waals surface area contributed by atoms with Crippen molar-refractivity contribution in [1.29, 1.82) is 0 Å². The van der Waals surface area contributed by atoms with E-state index in [1.165, 1.54) is 0 Å². The highest BCUT2D eigenvalue weighted by atomic mass is 16.7. The number of morpholine rings is 1. The third-order valence-electron chi connectivity index (χ3n) is 7.19. The van der Waals surface area contributed by atoms with Crippen LogP contribution in [0, 0.1) is 0 Å². The van der Waals surface area contributed by atoms with Crippen molar-refractivity contribution in [1.82, 2.24) is 0 Å². The maximum absolute atomic E-state index is 11.4. The van der Waals surface area contributed by atoms with E-state index >= 15 is 0 Å². The zero-order valence-electron chi connectivity index (χ0n) is 18.5. The molecule has 1 aromatic rings. The summed E-state index contributed by atoms with van der Waals surface area (Å²) in [4.78, 5) is 2.34. The number of benzene rings is 1. The molecule has 3 heterocycles. The molecule has 7 heteroatoms. The van der Waals surface area contributed by atoms with Gasteiger partial charge in [-0.15, -0.1) is 0 Å². The summed E-state index contributed by atoms with van der Waals surface area (Å²) >= 11 is 0. The molecule has 6 nitrogen and oxygen atoms in total. The zero-order valence-corrected chi connectivity index (χ0v) is 18.5. The van der Waals surface area contributed by atoms with Gasteiger partial charge < -0.3 is 28.8 Å². The molecule has 0 aromatic heterocycles. The van der Waals surface area contributed by atoms with Gasteiger partial charge in [-0.2, -0.15) is 0 Å². The molecule has 0 aliphatic carbocycles. The molecule has 0 saturated carbocycles. The summed E-state index contributed by atoms with van der Waals surface area (Å²) < 4.78 is 24.0. The van der Waals surface area contributed by atoms with Crippen molar-refractivity contribution < 1.29 is 23.9 Å². The van der Waals surface area contributed by atoms with E-state index in [1.54, 1.807) is 0 Å². The third-order valence-corrected chi connectivity index (χ3v) is 7.19. The molecule has 3 aliphatic heterocycles. The lowest BCUT2D eigenvalue weighted by atomic mass is 9.75. The average Bonchev–Trinajstić information content (AvgIpc) is 3.11. The number of hydrogen-bond donors (Lipinski definition) is 1. The van der Waals surface area contributed by atoms with E-state index in [9.17, 15) is 5.11 Å². The highest BCUT2D eigenvalue weighted by molar-refractivity contribution is 6.62. The Morgan fingerprint density at radius 2 is 1.72 bits per heavy atom. The lowest BCUT2D eigenvalue weighted by Gasteiger charge is -2.37. The summed E-state index contributed by atoms with van der Waals surface area (Å²) in [5.74, 6) is 0. The van der Waals surface area contributed by atoms with Crippen LogP contribution < -0.4 is 10.4 Å². The average molecular weight is 403 g/mol. The molecular weight excluding hydrogens is 369 g/mol. The molecule has 0 spiro atoms. The molecule has 1 aromatic carbocycles. The van der Waals surface area contributed by atoms with Gasteiger partial charge >= 0.3 is 7.12 Å². The van der Waals surface area contributed by atoms with Crippen LogP contribution >= 0.6 is 0 Å². The molecule has 0 radical (unpaired) electrons. The standard InChI is InChI=1S/C22H34BNO5/c1-15-14-26-10-8-24(15)19-12-17(22(25)7-9-27-16(22)2)11-18(13-19)23-28-20(3,4)21(5,6)29-23/h11-13,15-16,25H,7-10,14H2,1-6H3/t15-,16?,22?/m1/s1. The number of ether oxygens (including phenoxy) is 2. The first kappa shape index (κ1) is 21.1. The van der Waals surface area contributed by atoms with Crippen LogP contribution in [0.1, 0.15) is 53.5 Å². The fourth-order valence-corrected chi connectivity index (χ4v) is 4.39. The van der Waals surface area contributed by atoms with E-state index in [0.29, 0.717) is 26.2 Å². The number of hydrogen-bond acceptors (Lipinski definition) is 6. The van der Waals surface area contributed by atoms with Crippen molar-refractivity contribution in [2.24, 2.45) is 0 Å². The summed E-state index contributed by atoms with van der Waals surface area (Å²) in [7, 11) is -0.476. The summed E-state index contributed by atoms with van der Waals surface area (Å²) in [5, 5.41) is 11.4. The SMILES string of the molecule is CC1OCCC1(O)c1cc(B2OC(C)(C)C(C)(C)O2)cc(N2CCOC[C@H]2C)c1. The number of rotatable bonds is 3. The van der Waals surface area contributed by atoms with Crippen LogP contribution in [0.3, 0.4) is 0 Å². The van der Waals surface area contributed by atoms with E-state index in [0.717, 1.165) is 23.3 Å². The Labute approximate surface area is 174 Å². The fraction of sp³-hybridized carbons (Fsp3) is 0.727. The van der Waals surface area contributed by atoms with Crippen molar-refractivity contribution in [3.05, 3.63) is 23.8 Å². The summed E-state index contributed by atoms with van der Waals surface area (Å²) in [5.41, 5.74) is 1.02. The van der Waals surface area contributed by atoms with E-state index in [2.05, 4.69) is 51.7 Å². The lowest BCUT2D eigenvalue weighted by molar-refractivity contribution is -0.0316. The van der Waals surface area contributed by atoms with Gasteiger partial charge in [0.1, 0.15) is 5.60 Å². The molecule has 3 fully saturated rings. The minimum Gasteiger partial charge on any atom is -0.399 e. The van der Waals surface area contributed by atoms with E-state index in [-0.39, 0.29) is 12.1 Å². The largest absolute Gasteiger partial charge is 0.494 e. The summed E-state index contributed by atoms with van der Waals surface area (Å²) in [6, 6.07) is 6.53. The van der Waals surface area contributed by atoms with Gasteiger partial charge in [0.25, 0.3) is 0 Å². The normalized spacial score (nSPS) is 34.0. The van der Waals surface area contributed by atoms with Crippen LogP contribution in [0.2, 0.25) is 0 Å². The second-order valence-electron chi connectivity index (χ2n) is 9.71. The van der Waals surface area contributed by atoms with Crippen molar-refractivity contribution >= 4 is 18.3 Å². The first-order chi connectivity index (χ1) is 13.5. The van der Waals surface area contributed by atoms with Crippen LogP contribution in [-0.4, -0.2) is 61.9 Å². The minimum absolute atomic E-state index is 0.258. The molecule has 160 valence electrons. The molecule has 2 unspecified atom stereocenters. The molecule has 0 bridgehead atoms. The van der Waals surface area contributed by atoms with Crippen molar-refractivity contribution in [2.45, 2.75) is 76.9 Å². The molecule has 3 aliphatic rings. The Morgan fingerprint density at radius 3 is 2.31 bits per heavy atom. The quantitative estimate of drug-likeness (QED) is 0.781. The van der Waals surface area contributed by atoms with E-state index < -0.39 is 23.9 Å². The maximum Gasteiger partial charge on any atom is 0.494 e. The zero-order chi connectivity index (χ0) is 21.0. The van der Waals surface area contributed by atoms with Gasteiger partial charge in [-0.3, -0.25) is 0 Å². The number of nitrogens with zero attached hydrogens (tertiary/aromatic N) is 1. The predicted molar refractivity (Wildman–Crippen MR) is 114 cm³/mol. The number of aliphatic hydroxyl groups is 1. The number of anilines is 1. The molecule has 29 heavy (non-hydrogen) atoms. The van der Waals surface area contributed by atoms with Crippen LogP contribution in [0.25, 0.3) is 0 Å². The van der Waals surface area contributed by atoms with Gasteiger partial charge in [-0.25, -0.2) is 0 Å². The first-order valence-corrected chi connectivity index (χ1v) is 10.7. The topological polar surface area (TPSA) is 60.4 Å². The van der Waals surface area contributed by atoms with Crippen LogP contribution in [0.5, 0.6) is 0 Å². The second-order valence-corrected chi connectivity index (χ2v) is 9.71. The molecule has 3 atom stereocenters. The van der Waals surface area contributed by atoms with Gasteiger partial charge in [0.2, 0.25) is 0 Å². The molecule has 3 saturated heterocycles. The predicted octanol–water partition coefficient (Wildman–Crippen LogP) is 2.21. The van der Waals surface area contributed by atoms with Gasteiger partial charge in [0.15, 0.2) is 0 Å². The smallest absolute Gasteiger partial charge is 0.399 e. The Kier molecular flexibility index (Phi) is 5.27. The van der Waals surface area contributed by atoms with Crippen molar-refractivity contribution in [3.63, 3.8) is 0 Å². The van der Waals surface area contributed by atoms with Crippen LogP contribution in [0.15, 0.2) is 18.2 Å². The third kappa shape index (κ3) is 3.61. The molecule has 0 amide bonds. The molecular formula is C22H34BNO5. The van der Waals surface area contributed by atoms with Gasteiger partial charge in [-0.1, -0.05) is 6.07 Å². The summed E-state index contributed by atoms with van der Waals surface area (Å²) in [6.45, 7) is 15.1. The van der Waals surface area contributed by atoms with Crippen molar-refractivity contribution in [2.75, 3.05) is 31.3 Å². The van der Waals surface area contributed by atoms with Gasteiger partial charge in [0, 0.05) is 24.7 Å². The highest BCUT2D eigenvalue weighted by Crippen LogP contribution is 2.39. The minimum atomic E-state index is -1.01. The van der Waals surface area contributed by atoms with Crippen molar-refractivity contribution in [3.8, 4) is 0 Å². The van der Waals surface area contributed by atoms with Crippen LogP contribution in [0.4, 0.5) is 5.69 Å². The molecule has 1 N–H and O–H groups in total. The fourth-order valence-electron chi connectivity index (χ4n) is 4.39. The van der Waals surface area contributed by atoms with Gasteiger partial charge in [-0.05, 0) is 64.7 Å². The van der Waals surface area contributed by atoms with E-state index in [1.807, 2.05) is 13.0 Å². The maximum atomic E-state index is 11.4. The lowest BCUT2D eigenvalue weighted by Crippen LogP contribution is -2.45. The summed E-state index contributed by atoms with van der Waals surface area (Å²) in [6.07, 6.45) is 0.324. The van der Waals surface area contributed by atoms with E-state index in [4.69, 9.17) is 18.8 Å². The Bertz CT molecular complexity index is 754. The Hall–Kier alpha value is -1.12. The van der Waals surface area contributed by atoms with Crippen LogP contribution in [-0.2, 0) is 24.4 Å². The highest BCUT2D eigenvalue weighted by Gasteiger charge is 2.52.